The molecule has 1 N–H and O–H groups in total. The molecule has 4 rings (SSSR count). The van der Waals surface area contributed by atoms with Crippen LogP contribution in [-0.2, 0) is 5.41 Å². The summed E-state index contributed by atoms with van der Waals surface area (Å²) < 4.78 is 5.45. The molecule has 29 heavy (non-hydrogen) atoms. The van der Waals surface area contributed by atoms with Gasteiger partial charge in [-0.15, -0.1) is 10.2 Å². The summed E-state index contributed by atoms with van der Waals surface area (Å²) in [4.78, 5) is 23.1. The largest absolute Gasteiger partial charge is 0.339 e. The summed E-state index contributed by atoms with van der Waals surface area (Å²) in [5.74, 6) is 1.23. The molecule has 1 saturated heterocycles. The lowest BCUT2D eigenvalue weighted by Gasteiger charge is -2.30. The number of carbonyl (C=O) groups is 1. The number of rotatable bonds is 3. The molecule has 0 bridgehead atoms. The van der Waals surface area contributed by atoms with Crippen molar-refractivity contribution >= 4 is 22.5 Å². The van der Waals surface area contributed by atoms with Crippen molar-refractivity contribution in [1.29, 1.82) is 0 Å². The van der Waals surface area contributed by atoms with Crippen LogP contribution in [0.1, 0.15) is 50.4 Å². The van der Waals surface area contributed by atoms with Gasteiger partial charge in [0.15, 0.2) is 0 Å². The molecule has 3 aromatic heterocycles. The summed E-state index contributed by atoms with van der Waals surface area (Å²) in [6.07, 6.45) is 3.23. The van der Waals surface area contributed by atoms with Gasteiger partial charge < -0.3 is 9.42 Å². The molecule has 0 spiro atoms. The van der Waals surface area contributed by atoms with E-state index in [9.17, 15) is 4.79 Å². The van der Waals surface area contributed by atoms with Crippen molar-refractivity contribution < 1.29 is 9.32 Å². The fraction of sp³-hybridized carbons (Fsp3) is 0.474. The van der Waals surface area contributed by atoms with Crippen LogP contribution in [0.5, 0.6) is 0 Å². The second-order valence-electron chi connectivity index (χ2n) is 8.03. The van der Waals surface area contributed by atoms with Crippen LogP contribution >= 0.6 is 11.3 Å². The fourth-order valence-corrected chi connectivity index (χ4v) is 3.87. The van der Waals surface area contributed by atoms with Crippen molar-refractivity contribution in [2.45, 2.75) is 44.9 Å². The van der Waals surface area contributed by atoms with Crippen LogP contribution in [-0.4, -0.2) is 49.3 Å². The first-order chi connectivity index (χ1) is 13.9. The quantitative estimate of drug-likeness (QED) is 0.697. The first kappa shape index (κ1) is 19.4. The predicted molar refractivity (Wildman–Crippen MR) is 109 cm³/mol. The molecule has 1 fully saturated rings. The molecule has 10 heteroatoms. The van der Waals surface area contributed by atoms with Gasteiger partial charge in [-0.1, -0.05) is 43.3 Å². The number of amides is 2. The summed E-state index contributed by atoms with van der Waals surface area (Å²) in [5.41, 5.74) is 0.600. The van der Waals surface area contributed by atoms with Gasteiger partial charge in [0.25, 0.3) is 0 Å². The zero-order chi connectivity index (χ0) is 20.4. The van der Waals surface area contributed by atoms with Crippen molar-refractivity contribution in [3.8, 4) is 11.5 Å². The van der Waals surface area contributed by atoms with Crippen molar-refractivity contribution in [2.24, 2.45) is 0 Å². The lowest BCUT2D eigenvalue weighted by molar-refractivity contribution is 0.187. The number of nitrogens with one attached hydrogen (secondary N) is 1. The van der Waals surface area contributed by atoms with Gasteiger partial charge in [-0.25, -0.2) is 4.79 Å². The Balaban J connectivity index is 1.33. The second kappa shape index (κ2) is 7.86. The third-order valence-electron chi connectivity index (χ3n) is 4.75. The molecule has 1 aliphatic heterocycles. The molecule has 0 unspecified atom stereocenters. The number of piperidine rings is 1. The lowest BCUT2D eigenvalue weighted by atomic mass is 9.97. The summed E-state index contributed by atoms with van der Waals surface area (Å²) in [5, 5.41) is 16.6. The van der Waals surface area contributed by atoms with Crippen molar-refractivity contribution in [2.75, 3.05) is 18.4 Å². The van der Waals surface area contributed by atoms with E-state index >= 15 is 0 Å². The lowest BCUT2D eigenvalue weighted by Crippen LogP contribution is -2.40. The Labute approximate surface area is 172 Å². The van der Waals surface area contributed by atoms with E-state index in [1.807, 2.05) is 18.2 Å². The van der Waals surface area contributed by atoms with E-state index in [1.54, 1.807) is 11.1 Å². The van der Waals surface area contributed by atoms with E-state index in [0.29, 0.717) is 35.6 Å². The number of anilines is 1. The van der Waals surface area contributed by atoms with Gasteiger partial charge in [0.1, 0.15) is 10.7 Å². The van der Waals surface area contributed by atoms with E-state index in [-0.39, 0.29) is 17.4 Å². The molecule has 3 aromatic rings. The first-order valence-corrected chi connectivity index (χ1v) is 10.4. The Bertz CT molecular complexity index is 972. The van der Waals surface area contributed by atoms with E-state index in [2.05, 4.69) is 51.4 Å². The van der Waals surface area contributed by atoms with Gasteiger partial charge in [0.05, 0.1) is 0 Å². The number of urea groups is 1. The summed E-state index contributed by atoms with van der Waals surface area (Å²) in [7, 11) is 0. The summed E-state index contributed by atoms with van der Waals surface area (Å²) in [6, 6.07) is 5.43. The molecule has 0 aromatic carbocycles. The molecule has 0 radical (unpaired) electrons. The Morgan fingerprint density at radius 2 is 2.03 bits per heavy atom. The van der Waals surface area contributed by atoms with Gasteiger partial charge in [-0.05, 0) is 25.0 Å². The average Bonchev–Trinajstić information content (AvgIpc) is 3.38. The number of likely N-dealkylation sites (tertiary alicyclic amines) is 1. The van der Waals surface area contributed by atoms with Gasteiger partial charge in [-0.2, -0.15) is 4.98 Å². The number of hydrogen-bond acceptors (Lipinski definition) is 8. The van der Waals surface area contributed by atoms with Gasteiger partial charge >= 0.3 is 6.03 Å². The number of carbonyl (C=O) groups excluding carboxylic acids is 1. The van der Waals surface area contributed by atoms with Crippen molar-refractivity contribution in [3.05, 3.63) is 35.3 Å². The monoisotopic (exact) mass is 413 g/mol. The molecule has 0 atom stereocenters. The van der Waals surface area contributed by atoms with E-state index in [4.69, 9.17) is 4.52 Å². The Morgan fingerprint density at radius 1 is 1.24 bits per heavy atom. The zero-order valence-electron chi connectivity index (χ0n) is 16.6. The number of hydrogen-bond donors (Lipinski definition) is 1. The minimum absolute atomic E-state index is 0.0861. The Morgan fingerprint density at radius 3 is 2.69 bits per heavy atom. The standard InChI is InChI=1S/C19H23N7O2S/c1-19(2,3)16-23-24-17(29-16)22-18(27)26-10-7-12(8-11-26)15-21-14(25-28-15)13-6-4-5-9-20-13/h4-6,9,12H,7-8,10-11H2,1-3H3,(H,22,24,27). The number of pyridine rings is 1. The SMILES string of the molecule is CC(C)(C)c1nnc(NC(=O)N2CCC(c3nc(-c4ccccn4)no3)CC2)s1. The molecule has 9 nitrogen and oxygen atoms in total. The van der Waals surface area contributed by atoms with Gasteiger partial charge in [0, 0.05) is 30.6 Å². The number of aromatic nitrogens is 5. The van der Waals surface area contributed by atoms with Crippen LogP contribution in [0.15, 0.2) is 28.9 Å². The Hall–Kier alpha value is -2.88. The van der Waals surface area contributed by atoms with Crippen LogP contribution < -0.4 is 5.32 Å². The highest BCUT2D eigenvalue weighted by atomic mass is 32.1. The Kier molecular flexibility index (Phi) is 5.27. The predicted octanol–water partition coefficient (Wildman–Crippen LogP) is 3.69. The maximum Gasteiger partial charge on any atom is 0.323 e. The zero-order valence-corrected chi connectivity index (χ0v) is 17.4. The normalized spacial score (nSPS) is 15.5. The van der Waals surface area contributed by atoms with Crippen LogP contribution in [0.4, 0.5) is 9.93 Å². The third-order valence-corrected chi connectivity index (χ3v) is 6.01. The smallest absolute Gasteiger partial charge is 0.323 e. The molecular formula is C19H23N7O2S. The molecule has 0 saturated carbocycles. The molecule has 0 aliphatic carbocycles. The molecular weight excluding hydrogens is 390 g/mol. The van der Waals surface area contributed by atoms with Gasteiger partial charge in [0.2, 0.25) is 16.8 Å². The molecule has 2 amide bonds. The molecule has 1 aliphatic rings. The summed E-state index contributed by atoms with van der Waals surface area (Å²) in [6.45, 7) is 7.44. The van der Waals surface area contributed by atoms with E-state index in [1.165, 1.54) is 11.3 Å². The molecule has 152 valence electrons. The van der Waals surface area contributed by atoms with Crippen molar-refractivity contribution in [3.63, 3.8) is 0 Å². The van der Waals surface area contributed by atoms with Crippen LogP contribution in [0, 0.1) is 0 Å². The highest BCUT2D eigenvalue weighted by Gasteiger charge is 2.28. The number of nitrogens with zero attached hydrogens (tertiary/aromatic N) is 6. The third kappa shape index (κ3) is 4.42. The van der Waals surface area contributed by atoms with E-state index in [0.717, 1.165) is 17.8 Å². The van der Waals surface area contributed by atoms with Crippen LogP contribution in [0.2, 0.25) is 0 Å². The maximum absolute atomic E-state index is 12.6. The van der Waals surface area contributed by atoms with Crippen LogP contribution in [0.25, 0.3) is 11.5 Å². The fourth-order valence-electron chi connectivity index (χ4n) is 3.08. The van der Waals surface area contributed by atoms with Crippen molar-refractivity contribution in [1.82, 2.24) is 30.2 Å². The first-order valence-electron chi connectivity index (χ1n) is 9.55. The maximum atomic E-state index is 12.6. The molecule has 4 heterocycles. The highest BCUT2D eigenvalue weighted by molar-refractivity contribution is 7.15. The minimum atomic E-state index is -0.153. The summed E-state index contributed by atoms with van der Waals surface area (Å²) >= 11 is 1.41. The minimum Gasteiger partial charge on any atom is -0.339 e. The highest BCUT2D eigenvalue weighted by Crippen LogP contribution is 2.30. The van der Waals surface area contributed by atoms with Crippen LogP contribution in [0.3, 0.4) is 0 Å². The van der Waals surface area contributed by atoms with E-state index < -0.39 is 0 Å². The topological polar surface area (TPSA) is 110 Å². The van der Waals surface area contributed by atoms with Gasteiger partial charge in [-0.3, -0.25) is 10.3 Å². The second-order valence-corrected chi connectivity index (χ2v) is 9.00. The average molecular weight is 414 g/mol.